The summed E-state index contributed by atoms with van der Waals surface area (Å²) < 4.78 is 42.4. The summed E-state index contributed by atoms with van der Waals surface area (Å²) in [5.41, 5.74) is 1.47. The van der Waals surface area contributed by atoms with Crippen LogP contribution >= 0.6 is 11.6 Å². The van der Waals surface area contributed by atoms with Crippen LogP contribution in [0.1, 0.15) is 44.6 Å². The van der Waals surface area contributed by atoms with Gasteiger partial charge in [0.25, 0.3) is 0 Å². The molecule has 3 aromatic carbocycles. The molecule has 0 aliphatic carbocycles. The maximum absolute atomic E-state index is 15.0. The van der Waals surface area contributed by atoms with E-state index < -0.39 is 22.5 Å². The SMILES string of the molecule is CCCCCCCc1ccc2c(F)c(-c3cc(F)c(Cl)c(F)c3)ccc2c1. The molecule has 27 heavy (non-hydrogen) atoms. The molecule has 0 aromatic heterocycles. The van der Waals surface area contributed by atoms with Gasteiger partial charge in [0.15, 0.2) is 0 Å². The first-order chi connectivity index (χ1) is 13.0. The van der Waals surface area contributed by atoms with Crippen LogP contribution in [-0.4, -0.2) is 0 Å². The summed E-state index contributed by atoms with van der Waals surface area (Å²) in [7, 11) is 0. The van der Waals surface area contributed by atoms with Crippen molar-refractivity contribution in [2.75, 3.05) is 0 Å². The van der Waals surface area contributed by atoms with Gasteiger partial charge in [0.2, 0.25) is 0 Å². The normalized spacial score (nSPS) is 11.3. The van der Waals surface area contributed by atoms with Crippen LogP contribution in [0.15, 0.2) is 42.5 Å². The molecule has 3 rings (SSSR count). The van der Waals surface area contributed by atoms with Crippen LogP contribution in [0, 0.1) is 17.5 Å². The molecule has 4 heteroatoms. The van der Waals surface area contributed by atoms with Gasteiger partial charge in [0.05, 0.1) is 0 Å². The van der Waals surface area contributed by atoms with E-state index >= 15 is 0 Å². The molecule has 0 N–H and O–H groups in total. The van der Waals surface area contributed by atoms with Crippen LogP contribution < -0.4 is 0 Å². The largest absolute Gasteiger partial charge is 0.206 e. The lowest BCUT2D eigenvalue weighted by Crippen LogP contribution is -1.92. The zero-order valence-corrected chi connectivity index (χ0v) is 16.1. The molecular weight excluding hydrogens is 369 g/mol. The van der Waals surface area contributed by atoms with Gasteiger partial charge in [-0.2, -0.15) is 0 Å². The maximum atomic E-state index is 15.0. The summed E-state index contributed by atoms with van der Waals surface area (Å²) in [5.74, 6) is -2.28. The highest BCUT2D eigenvalue weighted by Gasteiger charge is 2.14. The van der Waals surface area contributed by atoms with Gasteiger partial charge in [-0.15, -0.1) is 0 Å². The molecule has 0 aliphatic rings. The third kappa shape index (κ3) is 4.47. The number of fused-ring (bicyclic) bond motifs is 1. The van der Waals surface area contributed by atoms with Gasteiger partial charge >= 0.3 is 0 Å². The third-order valence-electron chi connectivity index (χ3n) is 4.88. The van der Waals surface area contributed by atoms with Crippen molar-refractivity contribution >= 4 is 22.4 Å². The Morgan fingerprint density at radius 3 is 2.22 bits per heavy atom. The second-order valence-electron chi connectivity index (χ2n) is 6.90. The van der Waals surface area contributed by atoms with Crippen molar-refractivity contribution in [3.05, 3.63) is 70.5 Å². The quantitative estimate of drug-likeness (QED) is 0.282. The Hall–Kier alpha value is -2.00. The van der Waals surface area contributed by atoms with Crippen LogP contribution in [-0.2, 0) is 6.42 Å². The smallest absolute Gasteiger partial charge is 0.145 e. The molecule has 0 heterocycles. The topological polar surface area (TPSA) is 0 Å². The summed E-state index contributed by atoms with van der Waals surface area (Å²) in [6.45, 7) is 2.19. The Balaban J connectivity index is 1.86. The van der Waals surface area contributed by atoms with Crippen LogP contribution in [0.4, 0.5) is 13.2 Å². The van der Waals surface area contributed by atoms with E-state index in [1.807, 2.05) is 12.1 Å². The number of hydrogen-bond donors (Lipinski definition) is 0. The summed E-state index contributed by atoms with van der Waals surface area (Å²) in [6.07, 6.45) is 7.02. The summed E-state index contributed by atoms with van der Waals surface area (Å²) in [5, 5.41) is 0.652. The maximum Gasteiger partial charge on any atom is 0.145 e. The molecule has 0 saturated carbocycles. The average molecular weight is 391 g/mol. The molecule has 0 spiro atoms. The van der Waals surface area contributed by atoms with E-state index in [2.05, 4.69) is 6.92 Å². The molecular formula is C23H22ClF3. The Bertz CT molecular complexity index is 927. The number of benzene rings is 3. The molecule has 142 valence electrons. The monoisotopic (exact) mass is 390 g/mol. The lowest BCUT2D eigenvalue weighted by molar-refractivity contribution is 0.584. The molecule has 0 atom stereocenters. The number of halogens is 4. The molecule has 0 radical (unpaired) electrons. The van der Waals surface area contributed by atoms with Crippen LogP contribution in [0.5, 0.6) is 0 Å². The van der Waals surface area contributed by atoms with Crippen LogP contribution in [0.2, 0.25) is 5.02 Å². The van der Waals surface area contributed by atoms with Crippen molar-refractivity contribution in [2.24, 2.45) is 0 Å². The second kappa shape index (κ2) is 8.79. The second-order valence-corrected chi connectivity index (χ2v) is 7.28. The first-order valence-electron chi connectivity index (χ1n) is 9.37. The summed E-state index contributed by atoms with van der Waals surface area (Å²) in [4.78, 5) is 0. The molecule has 0 nitrogen and oxygen atoms in total. The predicted octanol–water partition coefficient (Wildman–Crippen LogP) is 8.09. The standard InChI is InChI=1S/C23H22ClF3/c1-2-3-4-5-6-7-15-8-10-18-16(12-15)9-11-19(23(18)27)17-13-20(25)22(24)21(26)14-17/h8-14H,2-7H2,1H3. The molecule has 0 unspecified atom stereocenters. The van der Waals surface area contributed by atoms with Gasteiger partial charge in [0, 0.05) is 10.9 Å². The minimum absolute atomic E-state index is 0.133. The van der Waals surface area contributed by atoms with E-state index in [0.29, 0.717) is 5.39 Å². The number of aryl methyl sites for hydroxylation is 1. The minimum Gasteiger partial charge on any atom is -0.206 e. The van der Waals surface area contributed by atoms with Gasteiger partial charge in [-0.25, -0.2) is 13.2 Å². The first kappa shape index (κ1) is 19.8. The zero-order chi connectivity index (χ0) is 19.4. The molecule has 0 saturated heterocycles. The number of unbranched alkanes of at least 4 members (excludes halogenated alkanes) is 4. The van der Waals surface area contributed by atoms with Crippen molar-refractivity contribution in [3.8, 4) is 11.1 Å². The minimum atomic E-state index is -0.899. The predicted molar refractivity (Wildman–Crippen MR) is 107 cm³/mol. The van der Waals surface area contributed by atoms with Gasteiger partial charge in [-0.05, 0) is 41.5 Å². The van der Waals surface area contributed by atoms with E-state index in [1.165, 1.54) is 31.2 Å². The number of hydrogen-bond acceptors (Lipinski definition) is 0. The average Bonchev–Trinajstić information content (AvgIpc) is 2.66. The van der Waals surface area contributed by atoms with Crippen molar-refractivity contribution in [3.63, 3.8) is 0 Å². The Morgan fingerprint density at radius 1 is 0.815 bits per heavy atom. The fourth-order valence-corrected chi connectivity index (χ4v) is 3.47. The highest BCUT2D eigenvalue weighted by molar-refractivity contribution is 6.31. The van der Waals surface area contributed by atoms with E-state index in [4.69, 9.17) is 11.6 Å². The van der Waals surface area contributed by atoms with Gasteiger partial charge in [0.1, 0.15) is 22.5 Å². The van der Waals surface area contributed by atoms with Gasteiger partial charge in [-0.1, -0.05) is 74.5 Å². The fraction of sp³-hybridized carbons (Fsp3) is 0.304. The lowest BCUT2D eigenvalue weighted by atomic mass is 9.97. The molecule has 0 bridgehead atoms. The van der Waals surface area contributed by atoms with E-state index in [0.717, 1.165) is 30.4 Å². The molecule has 0 fully saturated rings. The van der Waals surface area contributed by atoms with Crippen molar-refractivity contribution in [1.29, 1.82) is 0 Å². The first-order valence-corrected chi connectivity index (χ1v) is 9.75. The Labute approximate surface area is 163 Å². The lowest BCUT2D eigenvalue weighted by Gasteiger charge is -2.10. The highest BCUT2D eigenvalue weighted by Crippen LogP contribution is 2.32. The molecule has 0 amide bonds. The zero-order valence-electron chi connectivity index (χ0n) is 15.3. The Kier molecular flexibility index (Phi) is 6.43. The highest BCUT2D eigenvalue weighted by atomic mass is 35.5. The van der Waals surface area contributed by atoms with Crippen LogP contribution in [0.25, 0.3) is 21.9 Å². The van der Waals surface area contributed by atoms with E-state index in [-0.39, 0.29) is 11.1 Å². The summed E-state index contributed by atoms with van der Waals surface area (Å²) >= 11 is 5.52. The van der Waals surface area contributed by atoms with E-state index in [1.54, 1.807) is 18.2 Å². The molecule has 0 aliphatic heterocycles. The van der Waals surface area contributed by atoms with Crippen molar-refractivity contribution in [2.45, 2.75) is 45.4 Å². The van der Waals surface area contributed by atoms with Crippen molar-refractivity contribution < 1.29 is 13.2 Å². The van der Waals surface area contributed by atoms with Gasteiger partial charge < -0.3 is 0 Å². The Morgan fingerprint density at radius 2 is 1.52 bits per heavy atom. The van der Waals surface area contributed by atoms with Crippen LogP contribution in [0.3, 0.4) is 0 Å². The van der Waals surface area contributed by atoms with E-state index in [9.17, 15) is 13.2 Å². The number of rotatable bonds is 7. The molecule has 3 aromatic rings. The third-order valence-corrected chi connectivity index (χ3v) is 5.24. The van der Waals surface area contributed by atoms with Crippen molar-refractivity contribution in [1.82, 2.24) is 0 Å². The summed E-state index contributed by atoms with van der Waals surface area (Å²) in [6, 6.07) is 11.1. The van der Waals surface area contributed by atoms with Gasteiger partial charge in [-0.3, -0.25) is 0 Å². The fourth-order valence-electron chi connectivity index (χ4n) is 3.36.